The third kappa shape index (κ3) is 5.42. The molecule has 2 N–H and O–H groups in total. The van der Waals surface area contributed by atoms with Gasteiger partial charge in [-0.1, -0.05) is 56.3 Å². The number of nitrogens with one attached hydrogen (secondary N) is 2. The van der Waals surface area contributed by atoms with Gasteiger partial charge in [-0.25, -0.2) is 4.98 Å². The van der Waals surface area contributed by atoms with E-state index >= 15 is 0 Å². The van der Waals surface area contributed by atoms with Gasteiger partial charge < -0.3 is 10.6 Å². The molecule has 0 fully saturated rings. The van der Waals surface area contributed by atoms with Gasteiger partial charge in [0.2, 0.25) is 0 Å². The average molecular weight is 359 g/mol. The zero-order valence-electron chi connectivity index (χ0n) is 15.8. The molecular formula is C23H25N3O. The molecule has 1 amide bonds. The van der Waals surface area contributed by atoms with E-state index in [1.807, 2.05) is 48.5 Å². The van der Waals surface area contributed by atoms with E-state index in [1.54, 1.807) is 12.3 Å². The summed E-state index contributed by atoms with van der Waals surface area (Å²) in [5, 5.41) is 6.22. The molecule has 27 heavy (non-hydrogen) atoms. The highest BCUT2D eigenvalue weighted by Gasteiger charge is 2.08. The number of carbonyl (C=O) groups excluding carboxylic acids is 1. The van der Waals surface area contributed by atoms with Crippen molar-refractivity contribution in [3.05, 3.63) is 89.7 Å². The molecule has 2 aromatic carbocycles. The van der Waals surface area contributed by atoms with Crippen LogP contribution in [0.4, 0.5) is 11.4 Å². The number of carbonyl (C=O) groups is 1. The fraction of sp³-hybridized carbons (Fsp3) is 0.217. The highest BCUT2D eigenvalue weighted by atomic mass is 16.1. The fourth-order valence-electron chi connectivity index (χ4n) is 2.78. The molecule has 3 rings (SSSR count). The molecule has 0 aliphatic rings. The quantitative estimate of drug-likeness (QED) is 0.616. The van der Waals surface area contributed by atoms with Gasteiger partial charge in [-0.05, 0) is 47.7 Å². The minimum Gasteiger partial charge on any atom is -0.383 e. The number of amides is 1. The van der Waals surface area contributed by atoms with Gasteiger partial charge in [0.15, 0.2) is 0 Å². The Kier molecular flexibility index (Phi) is 6.21. The fourth-order valence-corrected chi connectivity index (χ4v) is 2.78. The first-order valence-corrected chi connectivity index (χ1v) is 9.27. The van der Waals surface area contributed by atoms with E-state index < -0.39 is 0 Å². The Hall–Kier alpha value is -3.14. The Bertz CT molecular complexity index is 856. The zero-order valence-corrected chi connectivity index (χ0v) is 15.8. The highest BCUT2D eigenvalue weighted by molar-refractivity contribution is 6.02. The van der Waals surface area contributed by atoms with Crippen molar-refractivity contribution < 1.29 is 4.79 Å². The minimum atomic E-state index is -0.205. The Balaban J connectivity index is 1.52. The summed E-state index contributed by atoms with van der Waals surface area (Å²) in [4.78, 5) is 16.6. The van der Waals surface area contributed by atoms with Crippen molar-refractivity contribution in [2.75, 3.05) is 17.2 Å². The van der Waals surface area contributed by atoms with E-state index in [2.05, 4.69) is 41.6 Å². The summed E-state index contributed by atoms with van der Waals surface area (Å²) in [6.45, 7) is 5.11. The summed E-state index contributed by atoms with van der Waals surface area (Å²) in [7, 11) is 0. The van der Waals surface area contributed by atoms with Crippen LogP contribution in [0.2, 0.25) is 0 Å². The molecule has 0 aliphatic heterocycles. The van der Waals surface area contributed by atoms with E-state index in [9.17, 15) is 4.79 Å². The van der Waals surface area contributed by atoms with Crippen molar-refractivity contribution in [3.8, 4) is 0 Å². The van der Waals surface area contributed by atoms with Crippen LogP contribution in [0.5, 0.6) is 0 Å². The number of benzene rings is 2. The second-order valence-electron chi connectivity index (χ2n) is 6.83. The van der Waals surface area contributed by atoms with Gasteiger partial charge in [0.25, 0.3) is 5.91 Å². The predicted octanol–water partition coefficient (Wildman–Crippen LogP) is 5.11. The number of aromatic nitrogens is 1. The lowest BCUT2D eigenvalue weighted by atomic mass is 10.0. The van der Waals surface area contributed by atoms with Crippen LogP contribution < -0.4 is 10.6 Å². The molecule has 0 spiro atoms. The smallest absolute Gasteiger partial charge is 0.274 e. The Morgan fingerprint density at radius 3 is 2.26 bits per heavy atom. The van der Waals surface area contributed by atoms with Crippen LogP contribution in [-0.2, 0) is 6.42 Å². The maximum Gasteiger partial charge on any atom is 0.274 e. The van der Waals surface area contributed by atoms with Gasteiger partial charge in [0.05, 0.1) is 11.9 Å². The SMILES string of the molecule is CC(C)c1ccc(NC(=O)c2ccc(NCCc3ccccc3)cn2)cc1. The molecule has 4 nitrogen and oxygen atoms in total. The molecule has 0 unspecified atom stereocenters. The molecule has 4 heteroatoms. The molecule has 0 saturated heterocycles. The molecular weight excluding hydrogens is 334 g/mol. The van der Waals surface area contributed by atoms with Crippen molar-refractivity contribution in [2.24, 2.45) is 0 Å². The monoisotopic (exact) mass is 359 g/mol. The Labute approximate surface area is 160 Å². The maximum atomic E-state index is 12.3. The number of pyridine rings is 1. The number of hydrogen-bond donors (Lipinski definition) is 2. The Morgan fingerprint density at radius 2 is 1.63 bits per heavy atom. The standard InChI is InChI=1S/C23H25N3O/c1-17(2)19-8-10-20(11-9-19)26-23(27)22-13-12-21(16-25-22)24-15-14-18-6-4-3-5-7-18/h3-13,16-17,24H,14-15H2,1-2H3,(H,26,27). The molecule has 0 saturated carbocycles. The lowest BCUT2D eigenvalue weighted by molar-refractivity contribution is 0.102. The summed E-state index contributed by atoms with van der Waals surface area (Å²) < 4.78 is 0. The molecule has 3 aromatic rings. The molecule has 0 aliphatic carbocycles. The number of nitrogens with zero attached hydrogens (tertiary/aromatic N) is 1. The van der Waals surface area contributed by atoms with Crippen LogP contribution in [0.3, 0.4) is 0 Å². The van der Waals surface area contributed by atoms with Crippen molar-refractivity contribution in [1.82, 2.24) is 4.98 Å². The van der Waals surface area contributed by atoms with Crippen molar-refractivity contribution in [3.63, 3.8) is 0 Å². The van der Waals surface area contributed by atoms with Gasteiger partial charge >= 0.3 is 0 Å². The van der Waals surface area contributed by atoms with Gasteiger partial charge in [0.1, 0.15) is 5.69 Å². The van der Waals surface area contributed by atoms with Gasteiger partial charge in [-0.2, -0.15) is 0 Å². The van der Waals surface area contributed by atoms with Crippen LogP contribution in [0, 0.1) is 0 Å². The summed E-state index contributed by atoms with van der Waals surface area (Å²) in [5.74, 6) is 0.265. The van der Waals surface area contributed by atoms with Crippen molar-refractivity contribution in [1.29, 1.82) is 0 Å². The van der Waals surface area contributed by atoms with Gasteiger partial charge in [-0.15, -0.1) is 0 Å². The molecule has 0 bridgehead atoms. The normalized spacial score (nSPS) is 10.6. The first-order chi connectivity index (χ1) is 13.1. The van der Waals surface area contributed by atoms with Crippen LogP contribution in [0.1, 0.15) is 41.4 Å². The van der Waals surface area contributed by atoms with Gasteiger partial charge in [-0.3, -0.25) is 4.79 Å². The third-order valence-electron chi connectivity index (χ3n) is 4.42. The van der Waals surface area contributed by atoms with E-state index in [1.165, 1.54) is 11.1 Å². The maximum absolute atomic E-state index is 12.3. The summed E-state index contributed by atoms with van der Waals surface area (Å²) in [6.07, 6.45) is 2.64. The Morgan fingerprint density at radius 1 is 0.926 bits per heavy atom. The molecule has 1 heterocycles. The highest BCUT2D eigenvalue weighted by Crippen LogP contribution is 2.17. The topological polar surface area (TPSA) is 54.0 Å². The van der Waals surface area contributed by atoms with E-state index in [0.29, 0.717) is 11.6 Å². The van der Waals surface area contributed by atoms with E-state index in [0.717, 1.165) is 24.3 Å². The number of anilines is 2. The molecule has 138 valence electrons. The summed E-state index contributed by atoms with van der Waals surface area (Å²) in [6, 6.07) is 21.9. The lowest BCUT2D eigenvalue weighted by Gasteiger charge is -2.09. The van der Waals surface area contributed by atoms with Crippen LogP contribution in [0.25, 0.3) is 0 Å². The first kappa shape index (κ1) is 18.6. The van der Waals surface area contributed by atoms with Crippen LogP contribution >= 0.6 is 0 Å². The first-order valence-electron chi connectivity index (χ1n) is 9.27. The zero-order chi connectivity index (χ0) is 19.1. The lowest BCUT2D eigenvalue weighted by Crippen LogP contribution is -2.14. The predicted molar refractivity (Wildman–Crippen MR) is 111 cm³/mol. The second kappa shape index (κ2) is 8.99. The number of hydrogen-bond acceptors (Lipinski definition) is 3. The largest absolute Gasteiger partial charge is 0.383 e. The van der Waals surface area contributed by atoms with Crippen molar-refractivity contribution >= 4 is 17.3 Å². The van der Waals surface area contributed by atoms with Crippen molar-refractivity contribution in [2.45, 2.75) is 26.2 Å². The minimum absolute atomic E-state index is 0.205. The van der Waals surface area contributed by atoms with Crippen LogP contribution in [0.15, 0.2) is 72.9 Å². The van der Waals surface area contributed by atoms with Crippen LogP contribution in [-0.4, -0.2) is 17.4 Å². The third-order valence-corrected chi connectivity index (χ3v) is 4.42. The van der Waals surface area contributed by atoms with Gasteiger partial charge in [0, 0.05) is 12.2 Å². The molecule has 0 radical (unpaired) electrons. The van der Waals surface area contributed by atoms with E-state index in [4.69, 9.17) is 0 Å². The molecule has 1 aromatic heterocycles. The summed E-state index contributed by atoms with van der Waals surface area (Å²) >= 11 is 0. The van der Waals surface area contributed by atoms with E-state index in [-0.39, 0.29) is 5.91 Å². The average Bonchev–Trinajstić information content (AvgIpc) is 2.70. The second-order valence-corrected chi connectivity index (χ2v) is 6.83. The molecule has 0 atom stereocenters. The summed E-state index contributed by atoms with van der Waals surface area (Å²) in [5.41, 5.74) is 4.62. The number of rotatable bonds is 7.